The fraction of sp³-hybridized carbons (Fsp3) is 0.105. The lowest BCUT2D eigenvalue weighted by molar-refractivity contribution is -0.146. The second kappa shape index (κ2) is 17.3. The average Bonchev–Trinajstić information content (AvgIpc) is 3.09. The van der Waals surface area contributed by atoms with E-state index in [1.54, 1.807) is 12.1 Å². The largest absolute Gasteiger partial charge is 0.490 e. The highest BCUT2D eigenvalue weighted by Gasteiger charge is 2.16. The fourth-order valence-corrected chi connectivity index (χ4v) is 4.17. The number of hydrogen-bond donors (Lipinski definition) is 0. The number of carbonyl (C=O) groups excluding carboxylic acids is 2. The molecule has 0 saturated carbocycles. The highest BCUT2D eigenvalue weighted by molar-refractivity contribution is 5.84. The Morgan fingerprint density at radius 3 is 1.52 bits per heavy atom. The van der Waals surface area contributed by atoms with Gasteiger partial charge in [0.25, 0.3) is 0 Å². The van der Waals surface area contributed by atoms with Crippen LogP contribution in [0.3, 0.4) is 0 Å². The average molecular weight is 619 g/mol. The molecule has 8 heteroatoms. The molecule has 0 fully saturated rings. The van der Waals surface area contributed by atoms with Gasteiger partial charge in [0.15, 0.2) is 6.10 Å². The van der Waals surface area contributed by atoms with Crippen LogP contribution in [-0.2, 0) is 19.1 Å². The zero-order valence-corrected chi connectivity index (χ0v) is 25.2. The quantitative estimate of drug-likeness (QED) is 0.0539. The van der Waals surface area contributed by atoms with E-state index in [2.05, 4.69) is 30.5 Å². The maximum Gasteiger partial charge on any atom is 0.334 e. The zero-order valence-electron chi connectivity index (χ0n) is 25.2. The third kappa shape index (κ3) is 10.3. The molecule has 0 spiro atoms. The Balaban J connectivity index is 0.000000617. The van der Waals surface area contributed by atoms with E-state index in [0.717, 1.165) is 45.7 Å². The maximum absolute atomic E-state index is 11.9. The first-order chi connectivity index (χ1) is 22.5. The number of rotatable bonds is 14. The molecule has 0 N–H and O–H groups in total. The van der Waals surface area contributed by atoms with Crippen molar-refractivity contribution in [3.05, 3.63) is 147 Å². The van der Waals surface area contributed by atoms with Gasteiger partial charge in [-0.15, -0.1) is 0 Å². The van der Waals surface area contributed by atoms with Gasteiger partial charge in [0.2, 0.25) is 6.79 Å². The Morgan fingerprint density at radius 1 is 0.543 bits per heavy atom. The third-order valence-electron chi connectivity index (χ3n) is 6.39. The van der Waals surface area contributed by atoms with E-state index in [1.165, 1.54) is 0 Å². The lowest BCUT2D eigenvalue weighted by Crippen LogP contribution is -2.30. The topological polar surface area (TPSA) is 89.5 Å². The van der Waals surface area contributed by atoms with Gasteiger partial charge >= 0.3 is 11.9 Å². The van der Waals surface area contributed by atoms with Gasteiger partial charge in [-0.2, -0.15) is 0 Å². The number of hydrogen-bond acceptors (Lipinski definition) is 8. The first kappa shape index (κ1) is 32.9. The van der Waals surface area contributed by atoms with Crippen LogP contribution in [-0.4, -0.2) is 38.0 Å². The summed E-state index contributed by atoms with van der Waals surface area (Å²) in [6, 6.07) is 35.0. The first-order valence-corrected chi connectivity index (χ1v) is 14.3. The molecule has 0 aromatic heterocycles. The van der Waals surface area contributed by atoms with E-state index >= 15 is 0 Å². The van der Waals surface area contributed by atoms with Crippen molar-refractivity contribution in [3.8, 4) is 23.0 Å². The van der Waals surface area contributed by atoms with Crippen molar-refractivity contribution in [3.63, 3.8) is 0 Å². The number of ether oxygens (including phenoxy) is 6. The second-order valence-electron chi connectivity index (χ2n) is 9.59. The highest BCUT2D eigenvalue weighted by atomic mass is 16.7. The second-order valence-corrected chi connectivity index (χ2v) is 9.59. The number of benzene rings is 5. The van der Waals surface area contributed by atoms with Crippen molar-refractivity contribution in [1.29, 1.82) is 0 Å². The molecule has 0 radical (unpaired) electrons. The van der Waals surface area contributed by atoms with Gasteiger partial charge in [0.05, 0.1) is 6.26 Å². The van der Waals surface area contributed by atoms with Crippen LogP contribution in [0.1, 0.15) is 0 Å². The van der Waals surface area contributed by atoms with Gasteiger partial charge in [-0.25, -0.2) is 9.59 Å². The van der Waals surface area contributed by atoms with Crippen LogP contribution < -0.4 is 18.9 Å². The van der Waals surface area contributed by atoms with E-state index in [1.807, 2.05) is 91.0 Å². The van der Waals surface area contributed by atoms with Gasteiger partial charge in [-0.1, -0.05) is 86.5 Å². The van der Waals surface area contributed by atoms with Gasteiger partial charge in [-0.3, -0.25) is 0 Å². The van der Waals surface area contributed by atoms with Crippen LogP contribution in [0.15, 0.2) is 147 Å². The molecule has 8 nitrogen and oxygen atoms in total. The molecule has 0 bridgehead atoms. The Bertz CT molecular complexity index is 1790. The molecule has 1 unspecified atom stereocenters. The van der Waals surface area contributed by atoms with Crippen molar-refractivity contribution < 1.29 is 38.0 Å². The van der Waals surface area contributed by atoms with Crippen LogP contribution in [0.5, 0.6) is 23.0 Å². The molecule has 0 heterocycles. The van der Waals surface area contributed by atoms with Crippen molar-refractivity contribution in [1.82, 2.24) is 0 Å². The highest BCUT2D eigenvalue weighted by Crippen LogP contribution is 2.24. The SMILES string of the molecule is C=CC(=O)OC(COc1cccc(OCOc2ccc3ccccc3c2)c1)COc1ccc2ccccc2c1.C=COC(=O)C=C. The summed E-state index contributed by atoms with van der Waals surface area (Å²) in [5.41, 5.74) is 0. The number of carbonyl (C=O) groups is 2. The van der Waals surface area contributed by atoms with E-state index in [-0.39, 0.29) is 20.0 Å². The minimum atomic E-state index is -0.650. The smallest absolute Gasteiger partial charge is 0.334 e. The summed E-state index contributed by atoms with van der Waals surface area (Å²) in [7, 11) is 0. The lowest BCUT2D eigenvalue weighted by Gasteiger charge is -2.19. The van der Waals surface area contributed by atoms with Gasteiger partial charge in [0.1, 0.15) is 36.2 Å². The number of fused-ring (bicyclic) bond motifs is 2. The van der Waals surface area contributed by atoms with Gasteiger partial charge in [0, 0.05) is 18.2 Å². The van der Waals surface area contributed by atoms with E-state index < -0.39 is 18.0 Å². The Kier molecular flexibility index (Phi) is 12.4. The molecule has 5 rings (SSSR count). The molecule has 234 valence electrons. The summed E-state index contributed by atoms with van der Waals surface area (Å²) in [5.74, 6) is 1.52. The standard InChI is InChI=1S/C33H28O6.C5H6O2/c1-2-33(34)39-32(22-36-30-16-14-24-8-3-5-10-26(24)18-30)21-35-28-12-7-13-29(20-28)37-23-38-31-17-15-25-9-4-6-11-27(25)19-31;1-3-5(6)7-4-2/h2-20,32H,1,21-23H2;3-4H,1-2H2. The minimum absolute atomic E-state index is 0.0426. The molecular weight excluding hydrogens is 584 g/mol. The van der Waals surface area contributed by atoms with E-state index in [0.29, 0.717) is 17.2 Å². The molecule has 0 aliphatic heterocycles. The Labute approximate surface area is 267 Å². The molecule has 5 aromatic carbocycles. The summed E-state index contributed by atoms with van der Waals surface area (Å²) >= 11 is 0. The van der Waals surface area contributed by atoms with Crippen LogP contribution in [0.25, 0.3) is 21.5 Å². The van der Waals surface area contributed by atoms with Crippen LogP contribution in [0.2, 0.25) is 0 Å². The molecule has 0 aliphatic carbocycles. The normalized spacial score (nSPS) is 10.8. The van der Waals surface area contributed by atoms with E-state index in [4.69, 9.17) is 23.7 Å². The van der Waals surface area contributed by atoms with Crippen LogP contribution in [0.4, 0.5) is 0 Å². The van der Waals surface area contributed by atoms with E-state index in [9.17, 15) is 9.59 Å². The summed E-state index contributed by atoms with van der Waals surface area (Å²) in [6.45, 7) is 10.0. The molecule has 0 saturated heterocycles. The van der Waals surface area contributed by atoms with Crippen molar-refractivity contribution >= 4 is 33.5 Å². The monoisotopic (exact) mass is 618 g/mol. The summed E-state index contributed by atoms with van der Waals surface area (Å²) in [5, 5.41) is 4.43. The van der Waals surface area contributed by atoms with Gasteiger partial charge < -0.3 is 28.4 Å². The third-order valence-corrected chi connectivity index (χ3v) is 6.39. The molecule has 1 atom stereocenters. The predicted octanol–water partition coefficient (Wildman–Crippen LogP) is 7.82. The Hall–Kier alpha value is -6.02. The van der Waals surface area contributed by atoms with Crippen molar-refractivity contribution in [2.45, 2.75) is 6.10 Å². The minimum Gasteiger partial charge on any atom is -0.490 e. The molecule has 0 amide bonds. The summed E-state index contributed by atoms with van der Waals surface area (Å²) in [6.07, 6.45) is 2.60. The molecule has 5 aromatic rings. The summed E-state index contributed by atoms with van der Waals surface area (Å²) < 4.78 is 33.0. The van der Waals surface area contributed by atoms with Gasteiger partial charge in [-0.05, 0) is 57.9 Å². The van der Waals surface area contributed by atoms with Crippen LogP contribution in [0, 0.1) is 0 Å². The molecule has 0 aliphatic rings. The Morgan fingerprint density at radius 2 is 1.02 bits per heavy atom. The fourth-order valence-electron chi connectivity index (χ4n) is 4.17. The van der Waals surface area contributed by atoms with Crippen molar-refractivity contribution in [2.24, 2.45) is 0 Å². The first-order valence-electron chi connectivity index (χ1n) is 14.3. The van der Waals surface area contributed by atoms with Crippen LogP contribution >= 0.6 is 0 Å². The number of esters is 2. The molecule has 46 heavy (non-hydrogen) atoms. The summed E-state index contributed by atoms with van der Waals surface area (Å²) in [4.78, 5) is 21.9. The lowest BCUT2D eigenvalue weighted by atomic mass is 10.1. The molecular formula is C38H34O8. The zero-order chi connectivity index (χ0) is 32.6. The predicted molar refractivity (Wildman–Crippen MR) is 178 cm³/mol. The van der Waals surface area contributed by atoms with Crippen molar-refractivity contribution in [2.75, 3.05) is 20.0 Å². The maximum atomic E-state index is 11.9.